The number of halogens is 1. The lowest BCUT2D eigenvalue weighted by Gasteiger charge is -2.10. The standard InChI is InChI=1S/C14H12BrN3/c1-10-6-12(15)2-3-14(10)18-9-11-4-5-17-13(7-11)8-16/h2-7,18H,9H2,1H3. The Morgan fingerprint density at radius 3 is 2.89 bits per heavy atom. The molecule has 18 heavy (non-hydrogen) atoms. The van der Waals surface area contributed by atoms with Crippen molar-refractivity contribution in [2.45, 2.75) is 13.5 Å². The van der Waals surface area contributed by atoms with Crippen molar-refractivity contribution in [1.82, 2.24) is 4.98 Å². The maximum atomic E-state index is 8.78. The monoisotopic (exact) mass is 301 g/mol. The topological polar surface area (TPSA) is 48.7 Å². The zero-order valence-corrected chi connectivity index (χ0v) is 11.5. The van der Waals surface area contributed by atoms with Crippen LogP contribution < -0.4 is 5.32 Å². The minimum absolute atomic E-state index is 0.446. The molecule has 1 aromatic heterocycles. The largest absolute Gasteiger partial charge is 0.381 e. The second-order valence-corrected chi connectivity index (χ2v) is 4.89. The number of benzene rings is 1. The number of nitrogens with zero attached hydrogens (tertiary/aromatic N) is 2. The van der Waals surface area contributed by atoms with Crippen molar-refractivity contribution < 1.29 is 0 Å². The molecule has 0 aliphatic heterocycles. The van der Waals surface area contributed by atoms with Gasteiger partial charge in [-0.2, -0.15) is 5.26 Å². The molecule has 0 saturated heterocycles. The zero-order chi connectivity index (χ0) is 13.0. The summed E-state index contributed by atoms with van der Waals surface area (Å²) >= 11 is 3.44. The van der Waals surface area contributed by atoms with E-state index in [1.54, 1.807) is 12.3 Å². The highest BCUT2D eigenvalue weighted by atomic mass is 79.9. The van der Waals surface area contributed by atoms with Crippen LogP contribution in [-0.2, 0) is 6.54 Å². The molecule has 90 valence electrons. The van der Waals surface area contributed by atoms with Crippen LogP contribution in [0.3, 0.4) is 0 Å². The first-order chi connectivity index (χ1) is 8.69. The normalized spacial score (nSPS) is 9.83. The summed E-state index contributed by atoms with van der Waals surface area (Å²) in [5.74, 6) is 0. The molecule has 0 atom stereocenters. The molecule has 0 spiro atoms. The number of aromatic nitrogens is 1. The first kappa shape index (κ1) is 12.6. The maximum Gasteiger partial charge on any atom is 0.140 e. The van der Waals surface area contributed by atoms with Crippen molar-refractivity contribution in [2.75, 3.05) is 5.32 Å². The van der Waals surface area contributed by atoms with Crippen LogP contribution in [0.1, 0.15) is 16.8 Å². The number of nitriles is 1. The van der Waals surface area contributed by atoms with Gasteiger partial charge in [0.25, 0.3) is 0 Å². The molecule has 0 saturated carbocycles. The highest BCUT2D eigenvalue weighted by Gasteiger charge is 2.00. The molecule has 2 rings (SSSR count). The lowest BCUT2D eigenvalue weighted by Crippen LogP contribution is -2.01. The van der Waals surface area contributed by atoms with Crippen molar-refractivity contribution >= 4 is 21.6 Å². The Labute approximate surface area is 115 Å². The van der Waals surface area contributed by atoms with Gasteiger partial charge in [0.05, 0.1) is 0 Å². The molecular weight excluding hydrogens is 290 g/mol. The Bertz CT molecular complexity index is 602. The Balaban J connectivity index is 2.09. The van der Waals surface area contributed by atoms with Crippen LogP contribution in [0.15, 0.2) is 41.0 Å². The average molecular weight is 302 g/mol. The molecule has 0 amide bonds. The van der Waals surface area contributed by atoms with E-state index in [9.17, 15) is 0 Å². The first-order valence-electron chi connectivity index (χ1n) is 5.54. The summed E-state index contributed by atoms with van der Waals surface area (Å²) in [5, 5.41) is 12.1. The van der Waals surface area contributed by atoms with Crippen molar-refractivity contribution in [3.05, 3.63) is 57.8 Å². The van der Waals surface area contributed by atoms with Crippen molar-refractivity contribution in [1.29, 1.82) is 5.26 Å². The van der Waals surface area contributed by atoms with Gasteiger partial charge in [-0.1, -0.05) is 15.9 Å². The number of anilines is 1. The molecule has 2 aromatic rings. The molecule has 1 aromatic carbocycles. The number of rotatable bonds is 3. The number of nitrogens with one attached hydrogen (secondary N) is 1. The Hall–Kier alpha value is -1.86. The maximum absolute atomic E-state index is 8.78. The molecule has 3 nitrogen and oxygen atoms in total. The minimum atomic E-state index is 0.446. The van der Waals surface area contributed by atoms with Gasteiger partial charge < -0.3 is 5.32 Å². The van der Waals surface area contributed by atoms with E-state index in [2.05, 4.69) is 39.2 Å². The first-order valence-corrected chi connectivity index (χ1v) is 6.33. The van der Waals surface area contributed by atoms with Crippen LogP contribution in [0.4, 0.5) is 5.69 Å². The van der Waals surface area contributed by atoms with E-state index >= 15 is 0 Å². The molecule has 0 fully saturated rings. The minimum Gasteiger partial charge on any atom is -0.381 e. The quantitative estimate of drug-likeness (QED) is 0.941. The van der Waals surface area contributed by atoms with Gasteiger partial charge in [0.15, 0.2) is 0 Å². The smallest absolute Gasteiger partial charge is 0.140 e. The SMILES string of the molecule is Cc1cc(Br)ccc1NCc1ccnc(C#N)c1. The van der Waals surface area contributed by atoms with E-state index in [0.717, 1.165) is 15.7 Å². The highest BCUT2D eigenvalue weighted by molar-refractivity contribution is 9.10. The summed E-state index contributed by atoms with van der Waals surface area (Å²) in [6.45, 7) is 2.74. The number of pyridine rings is 1. The van der Waals surface area contributed by atoms with E-state index in [1.165, 1.54) is 5.56 Å². The zero-order valence-electron chi connectivity index (χ0n) is 9.94. The average Bonchev–Trinajstić information content (AvgIpc) is 2.38. The van der Waals surface area contributed by atoms with Crippen LogP contribution >= 0.6 is 15.9 Å². The molecular formula is C14H12BrN3. The molecule has 0 aliphatic carbocycles. The lowest BCUT2D eigenvalue weighted by atomic mass is 10.2. The highest BCUT2D eigenvalue weighted by Crippen LogP contribution is 2.20. The number of hydrogen-bond acceptors (Lipinski definition) is 3. The summed E-state index contributed by atoms with van der Waals surface area (Å²) < 4.78 is 1.07. The summed E-state index contributed by atoms with van der Waals surface area (Å²) in [7, 11) is 0. The fourth-order valence-corrected chi connectivity index (χ4v) is 2.14. The molecule has 4 heteroatoms. The van der Waals surface area contributed by atoms with E-state index < -0.39 is 0 Å². The molecule has 1 heterocycles. The predicted octanol–water partition coefficient (Wildman–Crippen LogP) is 3.64. The second kappa shape index (κ2) is 5.65. The van der Waals surface area contributed by atoms with Gasteiger partial charge in [-0.05, 0) is 48.4 Å². The van der Waals surface area contributed by atoms with Gasteiger partial charge in [0.1, 0.15) is 11.8 Å². The van der Waals surface area contributed by atoms with Crippen LogP contribution in [0.25, 0.3) is 0 Å². The van der Waals surface area contributed by atoms with E-state index in [4.69, 9.17) is 5.26 Å². The van der Waals surface area contributed by atoms with Gasteiger partial charge in [-0.25, -0.2) is 4.98 Å². The second-order valence-electron chi connectivity index (χ2n) is 3.97. The van der Waals surface area contributed by atoms with Gasteiger partial charge >= 0.3 is 0 Å². The summed E-state index contributed by atoms with van der Waals surface area (Å²) in [6, 6.07) is 11.8. The lowest BCUT2D eigenvalue weighted by molar-refractivity contribution is 1.11. The van der Waals surface area contributed by atoms with Gasteiger partial charge in [-0.3, -0.25) is 0 Å². The fourth-order valence-electron chi connectivity index (χ4n) is 1.67. The van der Waals surface area contributed by atoms with Crippen molar-refractivity contribution in [3.63, 3.8) is 0 Å². The van der Waals surface area contributed by atoms with Gasteiger partial charge in [0, 0.05) is 22.9 Å². The Kier molecular flexibility index (Phi) is 3.96. The molecule has 0 unspecified atom stereocenters. The molecule has 0 radical (unpaired) electrons. The van der Waals surface area contributed by atoms with Gasteiger partial charge in [-0.15, -0.1) is 0 Å². The number of hydrogen-bond donors (Lipinski definition) is 1. The predicted molar refractivity (Wildman–Crippen MR) is 75.2 cm³/mol. The summed E-state index contributed by atoms with van der Waals surface area (Å²) in [5.41, 5.74) is 3.76. The van der Waals surface area contributed by atoms with E-state index in [-0.39, 0.29) is 0 Å². The van der Waals surface area contributed by atoms with Crippen LogP contribution in [0.2, 0.25) is 0 Å². The van der Waals surface area contributed by atoms with E-state index in [1.807, 2.05) is 24.3 Å². The Morgan fingerprint density at radius 2 is 2.17 bits per heavy atom. The Morgan fingerprint density at radius 1 is 1.33 bits per heavy atom. The summed E-state index contributed by atoms with van der Waals surface area (Å²) in [4.78, 5) is 3.95. The third kappa shape index (κ3) is 3.08. The van der Waals surface area contributed by atoms with Crippen molar-refractivity contribution in [3.8, 4) is 6.07 Å². The summed E-state index contributed by atoms with van der Waals surface area (Å²) in [6.07, 6.45) is 1.66. The number of aryl methyl sites for hydroxylation is 1. The van der Waals surface area contributed by atoms with E-state index in [0.29, 0.717) is 12.2 Å². The fraction of sp³-hybridized carbons (Fsp3) is 0.143. The van der Waals surface area contributed by atoms with Crippen molar-refractivity contribution in [2.24, 2.45) is 0 Å². The molecule has 0 aliphatic rings. The molecule has 1 N–H and O–H groups in total. The third-order valence-electron chi connectivity index (χ3n) is 2.61. The third-order valence-corrected chi connectivity index (χ3v) is 3.10. The van der Waals surface area contributed by atoms with Crippen LogP contribution in [0, 0.1) is 18.3 Å². The van der Waals surface area contributed by atoms with Crippen LogP contribution in [-0.4, -0.2) is 4.98 Å². The van der Waals surface area contributed by atoms with Crippen LogP contribution in [0.5, 0.6) is 0 Å². The van der Waals surface area contributed by atoms with Gasteiger partial charge in [0.2, 0.25) is 0 Å². The molecule has 0 bridgehead atoms.